The number of hydrogen-bond donors (Lipinski definition) is 2. The van der Waals surface area contributed by atoms with Crippen LogP contribution in [0.5, 0.6) is 0 Å². The lowest BCUT2D eigenvalue weighted by molar-refractivity contribution is -0.126. The van der Waals surface area contributed by atoms with Crippen molar-refractivity contribution in [1.82, 2.24) is 10.6 Å². The minimum atomic E-state index is 0.176. The molecule has 1 heterocycles. The van der Waals surface area contributed by atoms with Gasteiger partial charge in [0, 0.05) is 12.6 Å². The van der Waals surface area contributed by atoms with Gasteiger partial charge in [-0.15, -0.1) is 0 Å². The van der Waals surface area contributed by atoms with Gasteiger partial charge in [-0.3, -0.25) is 4.79 Å². The average Bonchev–Trinajstić information content (AvgIpc) is 2.60. The molecule has 0 saturated carbocycles. The molecule has 2 N–H and O–H groups in total. The highest BCUT2D eigenvalue weighted by molar-refractivity contribution is 5.79. The molecule has 0 aliphatic carbocycles. The third-order valence-electron chi connectivity index (χ3n) is 3.19. The topological polar surface area (TPSA) is 41.1 Å². The minimum absolute atomic E-state index is 0.176. The SMILES string of the molecule is CCC(CC)NC(=O)[C@@H]1CNC[C@H]1C. The summed E-state index contributed by atoms with van der Waals surface area (Å²) in [7, 11) is 0. The van der Waals surface area contributed by atoms with Crippen LogP contribution in [0.15, 0.2) is 0 Å². The quantitative estimate of drug-likeness (QED) is 0.711. The van der Waals surface area contributed by atoms with Gasteiger partial charge < -0.3 is 10.6 Å². The van der Waals surface area contributed by atoms with E-state index >= 15 is 0 Å². The Bertz CT molecular complexity index is 190. The summed E-state index contributed by atoms with van der Waals surface area (Å²) < 4.78 is 0. The van der Waals surface area contributed by atoms with Crippen molar-refractivity contribution in [2.45, 2.75) is 39.7 Å². The Morgan fingerprint density at radius 3 is 2.50 bits per heavy atom. The first-order valence-electron chi connectivity index (χ1n) is 5.70. The summed E-state index contributed by atoms with van der Waals surface area (Å²) in [5.41, 5.74) is 0. The second-order valence-corrected chi connectivity index (χ2v) is 4.26. The molecule has 0 spiro atoms. The van der Waals surface area contributed by atoms with Gasteiger partial charge in [-0.1, -0.05) is 20.8 Å². The summed E-state index contributed by atoms with van der Waals surface area (Å²) in [6.45, 7) is 8.18. The third kappa shape index (κ3) is 2.71. The summed E-state index contributed by atoms with van der Waals surface area (Å²) in [4.78, 5) is 11.8. The third-order valence-corrected chi connectivity index (χ3v) is 3.19. The van der Waals surface area contributed by atoms with Crippen molar-refractivity contribution in [2.75, 3.05) is 13.1 Å². The Morgan fingerprint density at radius 1 is 1.43 bits per heavy atom. The number of carbonyl (C=O) groups excluding carboxylic acids is 1. The number of carbonyl (C=O) groups is 1. The Morgan fingerprint density at radius 2 is 2.07 bits per heavy atom. The van der Waals surface area contributed by atoms with Crippen molar-refractivity contribution in [3.8, 4) is 0 Å². The Balaban J connectivity index is 2.40. The molecular weight excluding hydrogens is 176 g/mol. The van der Waals surface area contributed by atoms with Crippen molar-refractivity contribution in [3.63, 3.8) is 0 Å². The van der Waals surface area contributed by atoms with Crippen LogP contribution in [0.4, 0.5) is 0 Å². The summed E-state index contributed by atoms with van der Waals surface area (Å²) >= 11 is 0. The van der Waals surface area contributed by atoms with Crippen molar-refractivity contribution in [2.24, 2.45) is 11.8 Å². The number of hydrogen-bond acceptors (Lipinski definition) is 2. The van der Waals surface area contributed by atoms with Gasteiger partial charge in [0.2, 0.25) is 5.91 Å². The van der Waals surface area contributed by atoms with Crippen LogP contribution in [0.2, 0.25) is 0 Å². The lowest BCUT2D eigenvalue weighted by Crippen LogP contribution is -2.40. The molecule has 0 aromatic rings. The van der Waals surface area contributed by atoms with Gasteiger partial charge in [0.1, 0.15) is 0 Å². The first-order chi connectivity index (χ1) is 6.69. The predicted octanol–water partition coefficient (Wildman–Crippen LogP) is 1.15. The molecule has 0 aromatic carbocycles. The molecule has 1 fully saturated rings. The predicted molar refractivity (Wildman–Crippen MR) is 58.0 cm³/mol. The van der Waals surface area contributed by atoms with E-state index in [0.29, 0.717) is 12.0 Å². The molecule has 3 nitrogen and oxygen atoms in total. The standard InChI is InChI=1S/C11H22N2O/c1-4-9(5-2)13-11(14)10-7-12-6-8(10)3/h8-10,12H,4-7H2,1-3H3,(H,13,14)/t8-,10-/m1/s1. The van der Waals surface area contributed by atoms with E-state index in [4.69, 9.17) is 0 Å². The second kappa shape index (κ2) is 5.35. The Kier molecular flexibility index (Phi) is 4.39. The van der Waals surface area contributed by atoms with Crippen LogP contribution in [0.25, 0.3) is 0 Å². The van der Waals surface area contributed by atoms with Crippen LogP contribution < -0.4 is 10.6 Å². The molecule has 1 saturated heterocycles. The zero-order chi connectivity index (χ0) is 10.6. The molecule has 0 radical (unpaired) electrons. The van der Waals surface area contributed by atoms with E-state index in [-0.39, 0.29) is 11.8 Å². The highest BCUT2D eigenvalue weighted by atomic mass is 16.2. The van der Waals surface area contributed by atoms with Gasteiger partial charge in [0.25, 0.3) is 0 Å². The van der Waals surface area contributed by atoms with Crippen molar-refractivity contribution >= 4 is 5.91 Å². The maximum Gasteiger partial charge on any atom is 0.224 e. The van der Waals surface area contributed by atoms with Crippen LogP contribution in [0.3, 0.4) is 0 Å². The summed E-state index contributed by atoms with van der Waals surface area (Å²) in [5.74, 6) is 0.885. The molecule has 82 valence electrons. The molecule has 1 amide bonds. The zero-order valence-corrected chi connectivity index (χ0v) is 9.47. The normalized spacial score (nSPS) is 26.9. The highest BCUT2D eigenvalue weighted by Crippen LogP contribution is 2.16. The Labute approximate surface area is 86.6 Å². The monoisotopic (exact) mass is 198 g/mol. The first kappa shape index (κ1) is 11.5. The van der Waals surface area contributed by atoms with Gasteiger partial charge in [-0.05, 0) is 25.3 Å². The van der Waals surface area contributed by atoms with Crippen LogP contribution in [-0.2, 0) is 4.79 Å². The molecular formula is C11H22N2O. The van der Waals surface area contributed by atoms with E-state index in [1.165, 1.54) is 0 Å². The largest absolute Gasteiger partial charge is 0.353 e. The average molecular weight is 198 g/mol. The summed E-state index contributed by atoms with van der Waals surface area (Å²) in [6.07, 6.45) is 2.05. The molecule has 2 atom stereocenters. The van der Waals surface area contributed by atoms with Gasteiger partial charge in [-0.2, -0.15) is 0 Å². The molecule has 0 aromatic heterocycles. The molecule has 0 unspecified atom stereocenters. The lowest BCUT2D eigenvalue weighted by Gasteiger charge is -2.19. The minimum Gasteiger partial charge on any atom is -0.353 e. The van der Waals surface area contributed by atoms with Crippen molar-refractivity contribution < 1.29 is 4.79 Å². The van der Waals surface area contributed by atoms with E-state index < -0.39 is 0 Å². The van der Waals surface area contributed by atoms with E-state index in [0.717, 1.165) is 25.9 Å². The molecule has 1 rings (SSSR count). The van der Waals surface area contributed by atoms with E-state index in [1.54, 1.807) is 0 Å². The van der Waals surface area contributed by atoms with E-state index in [2.05, 4.69) is 31.4 Å². The molecule has 14 heavy (non-hydrogen) atoms. The maximum atomic E-state index is 11.8. The molecule has 0 bridgehead atoms. The fourth-order valence-electron chi connectivity index (χ4n) is 1.96. The van der Waals surface area contributed by atoms with Crippen molar-refractivity contribution in [3.05, 3.63) is 0 Å². The van der Waals surface area contributed by atoms with E-state index in [9.17, 15) is 4.79 Å². The number of nitrogens with one attached hydrogen (secondary N) is 2. The Hall–Kier alpha value is -0.570. The smallest absolute Gasteiger partial charge is 0.224 e. The zero-order valence-electron chi connectivity index (χ0n) is 9.47. The second-order valence-electron chi connectivity index (χ2n) is 4.26. The van der Waals surface area contributed by atoms with Crippen LogP contribution in [-0.4, -0.2) is 25.0 Å². The fourth-order valence-corrected chi connectivity index (χ4v) is 1.96. The van der Waals surface area contributed by atoms with E-state index in [1.807, 2.05) is 0 Å². The van der Waals surface area contributed by atoms with Gasteiger partial charge in [-0.25, -0.2) is 0 Å². The first-order valence-corrected chi connectivity index (χ1v) is 5.70. The molecule has 3 heteroatoms. The van der Waals surface area contributed by atoms with Crippen LogP contribution in [0.1, 0.15) is 33.6 Å². The molecule has 1 aliphatic heterocycles. The van der Waals surface area contributed by atoms with Gasteiger partial charge in [0.05, 0.1) is 5.92 Å². The number of rotatable bonds is 4. The molecule has 1 aliphatic rings. The number of amides is 1. The lowest BCUT2D eigenvalue weighted by atomic mass is 9.96. The highest BCUT2D eigenvalue weighted by Gasteiger charge is 2.29. The van der Waals surface area contributed by atoms with Crippen LogP contribution >= 0.6 is 0 Å². The van der Waals surface area contributed by atoms with Crippen molar-refractivity contribution in [1.29, 1.82) is 0 Å². The maximum absolute atomic E-state index is 11.8. The van der Waals surface area contributed by atoms with Crippen LogP contribution in [0, 0.1) is 11.8 Å². The summed E-state index contributed by atoms with van der Waals surface area (Å²) in [5, 5.41) is 6.36. The fraction of sp³-hybridized carbons (Fsp3) is 0.909. The van der Waals surface area contributed by atoms with Gasteiger partial charge >= 0.3 is 0 Å². The van der Waals surface area contributed by atoms with Gasteiger partial charge in [0.15, 0.2) is 0 Å². The summed E-state index contributed by atoms with van der Waals surface area (Å²) in [6, 6.07) is 0.357.